The molecule has 1 amide bonds. The molecule has 8 heteroatoms. The summed E-state index contributed by atoms with van der Waals surface area (Å²) in [7, 11) is 0. The molecule has 0 unspecified atom stereocenters. The number of amides is 1. The highest BCUT2D eigenvalue weighted by Crippen LogP contribution is 2.14. The average molecular weight is 456 g/mol. The number of ether oxygens (including phenoxy) is 2. The summed E-state index contributed by atoms with van der Waals surface area (Å²) < 4.78 is 10.5. The van der Waals surface area contributed by atoms with E-state index in [1.165, 1.54) is 6.07 Å². The monoisotopic (exact) mass is 455 g/mol. The molecule has 0 bridgehead atoms. The molecule has 0 aliphatic heterocycles. The number of aryl methyl sites for hydroxylation is 1. The Morgan fingerprint density at radius 3 is 2.27 bits per heavy atom. The fourth-order valence-electron chi connectivity index (χ4n) is 3.06. The predicted molar refractivity (Wildman–Crippen MR) is 121 cm³/mol. The minimum Gasteiger partial charge on any atom is -0.481 e. The van der Waals surface area contributed by atoms with Crippen LogP contribution in [0, 0.1) is 6.92 Å². The van der Waals surface area contributed by atoms with E-state index in [1.807, 2.05) is 18.2 Å². The van der Waals surface area contributed by atoms with Crippen molar-refractivity contribution in [2.24, 2.45) is 0 Å². The first-order valence-corrected chi connectivity index (χ1v) is 10.5. The molecule has 0 fully saturated rings. The Morgan fingerprint density at radius 2 is 1.67 bits per heavy atom. The minimum atomic E-state index is -1.06. The van der Waals surface area contributed by atoms with Gasteiger partial charge in [-0.3, -0.25) is 9.59 Å². The Balaban J connectivity index is 2.10. The van der Waals surface area contributed by atoms with Gasteiger partial charge in [0.1, 0.15) is 11.6 Å². The van der Waals surface area contributed by atoms with Crippen LogP contribution >= 0.6 is 0 Å². The summed E-state index contributed by atoms with van der Waals surface area (Å²) in [5, 5.41) is 11.5. The smallest absolute Gasteiger partial charge is 0.408 e. The van der Waals surface area contributed by atoms with Crippen molar-refractivity contribution in [2.75, 3.05) is 6.61 Å². The maximum absolute atomic E-state index is 12.8. The van der Waals surface area contributed by atoms with Gasteiger partial charge in [0.25, 0.3) is 0 Å². The molecule has 0 aromatic heterocycles. The van der Waals surface area contributed by atoms with Crippen molar-refractivity contribution in [1.29, 1.82) is 0 Å². The quantitative estimate of drug-likeness (QED) is 0.439. The number of carboxylic acid groups (broad SMARTS) is 1. The van der Waals surface area contributed by atoms with Crippen LogP contribution in [0.4, 0.5) is 4.79 Å². The van der Waals surface area contributed by atoms with Gasteiger partial charge in [0, 0.05) is 12.0 Å². The molecule has 0 aliphatic carbocycles. The van der Waals surface area contributed by atoms with Gasteiger partial charge in [-0.25, -0.2) is 9.59 Å². The first-order chi connectivity index (χ1) is 15.4. The van der Waals surface area contributed by atoms with Crippen molar-refractivity contribution in [3.05, 3.63) is 70.8 Å². The van der Waals surface area contributed by atoms with Gasteiger partial charge < -0.3 is 19.9 Å². The summed E-state index contributed by atoms with van der Waals surface area (Å²) in [6.45, 7) is 6.28. The van der Waals surface area contributed by atoms with E-state index in [1.54, 1.807) is 52.0 Å². The molecule has 33 heavy (non-hydrogen) atoms. The molecule has 2 N–H and O–H groups in total. The van der Waals surface area contributed by atoms with Crippen LogP contribution in [-0.4, -0.2) is 47.2 Å². The zero-order chi connectivity index (χ0) is 24.6. The molecular weight excluding hydrogens is 426 g/mol. The first kappa shape index (κ1) is 25.6. The Kier molecular flexibility index (Phi) is 8.73. The molecule has 2 rings (SSSR count). The lowest BCUT2D eigenvalue weighted by molar-refractivity contribution is -0.145. The molecule has 0 saturated carbocycles. The minimum absolute atomic E-state index is 0.153. The number of hydrogen-bond acceptors (Lipinski definition) is 6. The molecular formula is C25H29NO7. The number of nitrogens with one attached hydrogen (secondary N) is 1. The van der Waals surface area contributed by atoms with E-state index in [4.69, 9.17) is 14.6 Å². The Hall–Kier alpha value is -3.68. The van der Waals surface area contributed by atoms with Gasteiger partial charge in [-0.15, -0.1) is 0 Å². The van der Waals surface area contributed by atoms with Gasteiger partial charge in [0.2, 0.25) is 5.78 Å². The van der Waals surface area contributed by atoms with Gasteiger partial charge in [-0.2, -0.15) is 0 Å². The van der Waals surface area contributed by atoms with Crippen LogP contribution in [0.2, 0.25) is 0 Å². The van der Waals surface area contributed by atoms with Gasteiger partial charge in [0.15, 0.2) is 6.61 Å². The first-order valence-electron chi connectivity index (χ1n) is 10.5. The number of ketones is 1. The topological polar surface area (TPSA) is 119 Å². The standard InChI is InChI=1S/C25H29NO7/c1-16-10-11-18(14-22(28)29)12-19(16)21(27)15-32-23(30)20(13-17-8-6-5-7-9-17)26-24(31)33-25(2,3)4/h5-12,20H,13-15H2,1-4H3,(H,26,31)(H,28,29)/t20-/m0/s1. The molecule has 0 heterocycles. The van der Waals surface area contributed by atoms with E-state index in [9.17, 15) is 19.2 Å². The predicted octanol–water partition coefficient (Wildman–Crippen LogP) is 3.48. The highest BCUT2D eigenvalue weighted by atomic mass is 16.6. The van der Waals surface area contributed by atoms with Crippen molar-refractivity contribution in [2.45, 2.75) is 52.2 Å². The SMILES string of the molecule is Cc1ccc(CC(=O)O)cc1C(=O)COC(=O)[C@H](Cc1ccccc1)NC(=O)OC(C)(C)C. The summed E-state index contributed by atoms with van der Waals surface area (Å²) in [5.74, 6) is -2.26. The van der Waals surface area contributed by atoms with Crippen LogP contribution < -0.4 is 5.32 Å². The van der Waals surface area contributed by atoms with E-state index in [0.29, 0.717) is 11.1 Å². The van der Waals surface area contributed by atoms with E-state index in [2.05, 4.69) is 5.32 Å². The van der Waals surface area contributed by atoms with Crippen molar-refractivity contribution in [1.82, 2.24) is 5.32 Å². The molecule has 2 aromatic carbocycles. The third kappa shape index (κ3) is 8.76. The van der Waals surface area contributed by atoms with Gasteiger partial charge >= 0.3 is 18.0 Å². The lowest BCUT2D eigenvalue weighted by atomic mass is 10.0. The summed E-state index contributed by atoms with van der Waals surface area (Å²) in [6, 6.07) is 12.8. The van der Waals surface area contributed by atoms with Crippen LogP contribution in [-0.2, 0) is 31.9 Å². The Morgan fingerprint density at radius 1 is 1.00 bits per heavy atom. The van der Waals surface area contributed by atoms with Crippen LogP contribution in [0.25, 0.3) is 0 Å². The van der Waals surface area contributed by atoms with Crippen LogP contribution in [0.5, 0.6) is 0 Å². The maximum atomic E-state index is 12.8. The van der Waals surface area contributed by atoms with Crippen LogP contribution in [0.1, 0.15) is 47.8 Å². The molecule has 0 radical (unpaired) electrons. The third-order valence-electron chi connectivity index (χ3n) is 4.56. The zero-order valence-corrected chi connectivity index (χ0v) is 19.2. The average Bonchev–Trinajstić information content (AvgIpc) is 2.71. The lowest BCUT2D eigenvalue weighted by Crippen LogP contribution is -2.45. The van der Waals surface area contributed by atoms with E-state index in [-0.39, 0.29) is 18.4 Å². The number of benzene rings is 2. The molecule has 176 valence electrons. The number of hydrogen-bond donors (Lipinski definition) is 2. The van der Waals surface area contributed by atoms with Gasteiger partial charge in [-0.05, 0) is 50.5 Å². The van der Waals surface area contributed by atoms with E-state index < -0.39 is 42.1 Å². The molecule has 1 atom stereocenters. The largest absolute Gasteiger partial charge is 0.481 e. The van der Waals surface area contributed by atoms with Crippen molar-refractivity contribution in [3.8, 4) is 0 Å². The number of aliphatic carboxylic acids is 1. The number of carbonyl (C=O) groups is 4. The van der Waals surface area contributed by atoms with Crippen molar-refractivity contribution >= 4 is 23.8 Å². The molecule has 8 nitrogen and oxygen atoms in total. The molecule has 0 spiro atoms. The number of rotatable bonds is 9. The highest BCUT2D eigenvalue weighted by molar-refractivity contribution is 5.99. The molecule has 2 aromatic rings. The normalized spacial score (nSPS) is 11.9. The van der Waals surface area contributed by atoms with Gasteiger partial charge in [0.05, 0.1) is 6.42 Å². The summed E-state index contributed by atoms with van der Waals surface area (Å²) >= 11 is 0. The van der Waals surface area contributed by atoms with Crippen LogP contribution in [0.15, 0.2) is 48.5 Å². The maximum Gasteiger partial charge on any atom is 0.408 e. The summed E-state index contributed by atoms with van der Waals surface area (Å²) in [6.07, 6.45) is -0.844. The number of esters is 1. The van der Waals surface area contributed by atoms with E-state index >= 15 is 0 Å². The number of Topliss-reactive ketones (excluding diaryl/α,β-unsaturated/α-hetero) is 1. The number of alkyl carbamates (subject to hydrolysis) is 1. The fourth-order valence-corrected chi connectivity index (χ4v) is 3.06. The highest BCUT2D eigenvalue weighted by Gasteiger charge is 2.27. The zero-order valence-electron chi connectivity index (χ0n) is 19.2. The van der Waals surface area contributed by atoms with Crippen LogP contribution in [0.3, 0.4) is 0 Å². The van der Waals surface area contributed by atoms with Crippen molar-refractivity contribution in [3.63, 3.8) is 0 Å². The second-order valence-corrected chi connectivity index (χ2v) is 8.64. The fraction of sp³-hybridized carbons (Fsp3) is 0.360. The third-order valence-corrected chi connectivity index (χ3v) is 4.56. The summed E-state index contributed by atoms with van der Waals surface area (Å²) in [4.78, 5) is 48.6. The van der Waals surface area contributed by atoms with Crippen molar-refractivity contribution < 1.29 is 33.8 Å². The van der Waals surface area contributed by atoms with E-state index in [0.717, 1.165) is 5.56 Å². The molecule has 0 saturated heterocycles. The number of carboxylic acids is 1. The van der Waals surface area contributed by atoms with Gasteiger partial charge in [-0.1, -0.05) is 42.5 Å². The number of carbonyl (C=O) groups excluding carboxylic acids is 3. The Bertz CT molecular complexity index is 1010. The molecule has 0 aliphatic rings. The Labute approximate surface area is 192 Å². The lowest BCUT2D eigenvalue weighted by Gasteiger charge is -2.23. The summed E-state index contributed by atoms with van der Waals surface area (Å²) in [5.41, 5.74) is 1.43. The second-order valence-electron chi connectivity index (χ2n) is 8.64. The second kappa shape index (κ2) is 11.3.